The van der Waals surface area contributed by atoms with E-state index in [1.165, 1.54) is 0 Å². The molecule has 5 heteroatoms. The van der Waals surface area contributed by atoms with Crippen LogP contribution in [0.5, 0.6) is 0 Å². The van der Waals surface area contributed by atoms with Gasteiger partial charge in [-0.3, -0.25) is 0 Å². The fraction of sp³-hybridized carbons (Fsp3) is 0.600. The van der Waals surface area contributed by atoms with E-state index in [0.717, 1.165) is 31.1 Å². The van der Waals surface area contributed by atoms with Crippen LogP contribution in [0.3, 0.4) is 0 Å². The van der Waals surface area contributed by atoms with Crippen molar-refractivity contribution in [2.24, 2.45) is 0 Å². The van der Waals surface area contributed by atoms with Crippen molar-refractivity contribution in [3.63, 3.8) is 0 Å². The van der Waals surface area contributed by atoms with Gasteiger partial charge in [-0.1, -0.05) is 0 Å². The Labute approximate surface area is 95.0 Å². The SMILES string of the molecule is Cc1cc(NCCCOCCCl)ncn1. The molecule has 1 rings (SSSR count). The maximum atomic E-state index is 5.47. The minimum absolute atomic E-state index is 0.554. The summed E-state index contributed by atoms with van der Waals surface area (Å²) >= 11 is 5.47. The Morgan fingerprint density at radius 2 is 2.27 bits per heavy atom. The molecule has 0 unspecified atom stereocenters. The van der Waals surface area contributed by atoms with E-state index in [4.69, 9.17) is 16.3 Å². The average molecular weight is 230 g/mol. The molecule has 1 heterocycles. The van der Waals surface area contributed by atoms with Gasteiger partial charge in [-0.15, -0.1) is 11.6 Å². The zero-order chi connectivity index (χ0) is 10.9. The van der Waals surface area contributed by atoms with Gasteiger partial charge in [0.1, 0.15) is 12.1 Å². The van der Waals surface area contributed by atoms with Gasteiger partial charge in [-0.05, 0) is 13.3 Å². The Balaban J connectivity index is 2.10. The Morgan fingerprint density at radius 3 is 3.00 bits per heavy atom. The van der Waals surface area contributed by atoms with Gasteiger partial charge >= 0.3 is 0 Å². The number of nitrogens with one attached hydrogen (secondary N) is 1. The number of ether oxygens (including phenoxy) is 1. The number of hydrogen-bond donors (Lipinski definition) is 1. The van der Waals surface area contributed by atoms with Gasteiger partial charge in [-0.25, -0.2) is 9.97 Å². The number of aryl methyl sites for hydroxylation is 1. The van der Waals surface area contributed by atoms with Crippen LogP contribution in [0.2, 0.25) is 0 Å². The summed E-state index contributed by atoms with van der Waals surface area (Å²) in [5.41, 5.74) is 0.964. The lowest BCUT2D eigenvalue weighted by atomic mass is 10.4. The molecule has 4 nitrogen and oxygen atoms in total. The summed E-state index contributed by atoms with van der Waals surface area (Å²) in [6.45, 7) is 4.13. The first-order valence-electron chi connectivity index (χ1n) is 4.99. The van der Waals surface area contributed by atoms with Crippen LogP contribution in [-0.2, 0) is 4.74 Å². The van der Waals surface area contributed by atoms with Gasteiger partial charge in [0.25, 0.3) is 0 Å². The van der Waals surface area contributed by atoms with E-state index in [0.29, 0.717) is 12.5 Å². The van der Waals surface area contributed by atoms with Crippen LogP contribution in [0.25, 0.3) is 0 Å². The maximum Gasteiger partial charge on any atom is 0.129 e. The maximum absolute atomic E-state index is 5.47. The van der Waals surface area contributed by atoms with E-state index in [1.807, 2.05) is 13.0 Å². The van der Waals surface area contributed by atoms with Crippen LogP contribution in [0.4, 0.5) is 5.82 Å². The average Bonchev–Trinajstić information content (AvgIpc) is 2.23. The van der Waals surface area contributed by atoms with E-state index < -0.39 is 0 Å². The number of rotatable bonds is 7. The lowest BCUT2D eigenvalue weighted by Gasteiger charge is -2.05. The Hall–Kier alpha value is -0.870. The zero-order valence-electron chi connectivity index (χ0n) is 8.87. The van der Waals surface area contributed by atoms with Gasteiger partial charge in [-0.2, -0.15) is 0 Å². The topological polar surface area (TPSA) is 47.0 Å². The summed E-state index contributed by atoms with van der Waals surface area (Å²) in [6.07, 6.45) is 2.50. The molecular weight excluding hydrogens is 214 g/mol. The lowest BCUT2D eigenvalue weighted by molar-refractivity contribution is 0.149. The number of hydrogen-bond acceptors (Lipinski definition) is 4. The first-order valence-corrected chi connectivity index (χ1v) is 5.52. The molecule has 15 heavy (non-hydrogen) atoms. The second kappa shape index (κ2) is 7.43. The Bertz CT molecular complexity index is 283. The molecule has 0 atom stereocenters. The van der Waals surface area contributed by atoms with Crippen LogP contribution in [0.15, 0.2) is 12.4 Å². The van der Waals surface area contributed by atoms with Crippen molar-refractivity contribution < 1.29 is 4.74 Å². The van der Waals surface area contributed by atoms with Gasteiger partial charge < -0.3 is 10.1 Å². The zero-order valence-corrected chi connectivity index (χ0v) is 9.63. The summed E-state index contributed by atoms with van der Waals surface area (Å²) in [6, 6.07) is 1.92. The molecule has 0 saturated carbocycles. The molecule has 0 aliphatic heterocycles. The molecule has 0 aliphatic rings. The molecule has 1 aromatic heterocycles. The minimum atomic E-state index is 0.554. The van der Waals surface area contributed by atoms with E-state index in [1.54, 1.807) is 6.33 Å². The van der Waals surface area contributed by atoms with Crippen molar-refractivity contribution in [2.45, 2.75) is 13.3 Å². The van der Waals surface area contributed by atoms with E-state index in [2.05, 4.69) is 15.3 Å². The molecular formula is C10H16ClN3O. The minimum Gasteiger partial charge on any atom is -0.380 e. The van der Waals surface area contributed by atoms with Gasteiger partial charge in [0, 0.05) is 30.8 Å². The second-order valence-corrected chi connectivity index (χ2v) is 3.50. The predicted molar refractivity (Wildman–Crippen MR) is 61.4 cm³/mol. The molecule has 0 saturated heterocycles. The van der Waals surface area contributed by atoms with Gasteiger partial charge in [0.15, 0.2) is 0 Å². The van der Waals surface area contributed by atoms with Crippen molar-refractivity contribution in [1.29, 1.82) is 0 Å². The first kappa shape index (κ1) is 12.2. The number of halogens is 1. The van der Waals surface area contributed by atoms with Gasteiger partial charge in [0.05, 0.1) is 6.61 Å². The Kier molecular flexibility index (Phi) is 6.04. The molecule has 0 radical (unpaired) electrons. The number of anilines is 1. The standard InChI is InChI=1S/C10H16ClN3O/c1-9-7-10(14-8-13-9)12-4-2-5-15-6-3-11/h7-8H,2-6H2,1H3,(H,12,13,14). The third-order valence-corrected chi connectivity index (χ3v) is 1.95. The molecule has 0 bridgehead atoms. The molecule has 0 aliphatic carbocycles. The van der Waals surface area contributed by atoms with Crippen LogP contribution < -0.4 is 5.32 Å². The lowest BCUT2D eigenvalue weighted by Crippen LogP contribution is -2.08. The second-order valence-electron chi connectivity index (χ2n) is 3.13. The highest BCUT2D eigenvalue weighted by atomic mass is 35.5. The van der Waals surface area contributed by atoms with Crippen LogP contribution in [0, 0.1) is 6.92 Å². The highest BCUT2D eigenvalue weighted by Crippen LogP contribution is 2.02. The summed E-state index contributed by atoms with van der Waals surface area (Å²) in [5, 5.41) is 3.20. The van der Waals surface area contributed by atoms with Gasteiger partial charge in [0.2, 0.25) is 0 Å². The van der Waals surface area contributed by atoms with E-state index in [-0.39, 0.29) is 0 Å². The van der Waals surface area contributed by atoms with Crippen molar-refractivity contribution in [1.82, 2.24) is 9.97 Å². The molecule has 0 aromatic carbocycles. The summed E-state index contributed by atoms with van der Waals surface area (Å²) in [4.78, 5) is 8.11. The van der Waals surface area contributed by atoms with Crippen LogP contribution >= 0.6 is 11.6 Å². The van der Waals surface area contributed by atoms with E-state index in [9.17, 15) is 0 Å². The molecule has 1 N–H and O–H groups in total. The third-order valence-electron chi connectivity index (χ3n) is 1.80. The number of nitrogens with zero attached hydrogens (tertiary/aromatic N) is 2. The highest BCUT2D eigenvalue weighted by molar-refractivity contribution is 6.17. The van der Waals surface area contributed by atoms with Crippen LogP contribution in [-0.4, -0.2) is 35.6 Å². The van der Waals surface area contributed by atoms with Crippen LogP contribution in [0.1, 0.15) is 12.1 Å². The van der Waals surface area contributed by atoms with Crippen molar-refractivity contribution >= 4 is 17.4 Å². The summed E-state index contributed by atoms with van der Waals surface area (Å²) in [7, 11) is 0. The van der Waals surface area contributed by atoms with E-state index >= 15 is 0 Å². The fourth-order valence-electron chi connectivity index (χ4n) is 1.10. The summed E-state index contributed by atoms with van der Waals surface area (Å²) < 4.78 is 5.24. The molecule has 0 fully saturated rings. The van der Waals surface area contributed by atoms with Crippen molar-refractivity contribution in [2.75, 3.05) is 31.0 Å². The summed E-state index contributed by atoms with van der Waals surface area (Å²) in [5.74, 6) is 1.42. The first-order chi connectivity index (χ1) is 7.33. The molecule has 0 spiro atoms. The fourth-order valence-corrected chi connectivity index (χ4v) is 1.21. The third kappa shape index (κ3) is 5.54. The highest BCUT2D eigenvalue weighted by Gasteiger charge is 1.94. The van der Waals surface area contributed by atoms with Crippen molar-refractivity contribution in [3.05, 3.63) is 18.1 Å². The normalized spacial score (nSPS) is 10.3. The largest absolute Gasteiger partial charge is 0.380 e. The molecule has 1 aromatic rings. The number of alkyl halides is 1. The van der Waals surface area contributed by atoms with Crippen molar-refractivity contribution in [3.8, 4) is 0 Å². The molecule has 0 amide bonds. The predicted octanol–water partition coefficient (Wildman–Crippen LogP) is 1.84. The smallest absolute Gasteiger partial charge is 0.129 e. The monoisotopic (exact) mass is 229 g/mol. The quantitative estimate of drug-likeness (QED) is 0.573. The Morgan fingerprint density at radius 1 is 1.40 bits per heavy atom. The molecule has 84 valence electrons. The number of aromatic nitrogens is 2.